The van der Waals surface area contributed by atoms with Crippen LogP contribution in [0.15, 0.2) is 38.6 Å². The number of thioether (sulfide) groups is 1. The third-order valence-corrected chi connectivity index (χ3v) is 7.28. The van der Waals surface area contributed by atoms with Crippen molar-refractivity contribution in [1.29, 1.82) is 0 Å². The number of thiazole rings is 2. The van der Waals surface area contributed by atoms with Gasteiger partial charge in [0.25, 0.3) is 10.6 Å². The first-order valence-electron chi connectivity index (χ1n) is 8.80. The Morgan fingerprint density at radius 3 is 2.69 bits per heavy atom. The number of hydrogen-bond acceptors (Lipinski definition) is 5. The molecule has 0 atom stereocenters. The first-order valence-corrected chi connectivity index (χ1v) is 11.4. The van der Waals surface area contributed by atoms with Crippen LogP contribution in [0.3, 0.4) is 0 Å². The van der Waals surface area contributed by atoms with Gasteiger partial charge in [0.15, 0.2) is 6.20 Å². The highest BCUT2D eigenvalue weighted by Gasteiger charge is 2.15. The summed E-state index contributed by atoms with van der Waals surface area (Å²) in [6.45, 7) is 11.0. The van der Waals surface area contributed by atoms with E-state index in [1.165, 1.54) is 15.7 Å². The van der Waals surface area contributed by atoms with Crippen LogP contribution in [0.5, 0.6) is 0 Å². The van der Waals surface area contributed by atoms with Crippen LogP contribution < -0.4 is 19.3 Å². The van der Waals surface area contributed by atoms with Gasteiger partial charge in [-0.1, -0.05) is 23.1 Å². The van der Waals surface area contributed by atoms with Gasteiger partial charge >= 0.3 is 0 Å². The van der Waals surface area contributed by atoms with E-state index in [-0.39, 0.29) is 5.56 Å². The summed E-state index contributed by atoms with van der Waals surface area (Å²) in [5, 5.41) is 6.58. The number of aryl methyl sites for hydroxylation is 1. The lowest BCUT2D eigenvalue weighted by Crippen LogP contribution is -2.34. The number of allylic oxidation sites excluding steroid dienone is 2. The van der Waals surface area contributed by atoms with Crippen molar-refractivity contribution in [2.75, 3.05) is 6.54 Å². The SMILES string of the molecule is CCN1C(C)=CSC1=CC=c1sc(=Cc2scc[n+]2CC)n(CC)c1=O. The lowest BCUT2D eigenvalue weighted by Gasteiger charge is -2.18. The van der Waals surface area contributed by atoms with E-state index >= 15 is 0 Å². The van der Waals surface area contributed by atoms with Crippen LogP contribution >= 0.6 is 34.4 Å². The van der Waals surface area contributed by atoms with E-state index in [0.29, 0.717) is 6.54 Å². The Hall–Kier alpha value is -1.57. The van der Waals surface area contributed by atoms with Gasteiger partial charge in [0, 0.05) is 18.8 Å². The predicted molar refractivity (Wildman–Crippen MR) is 114 cm³/mol. The number of aromatic nitrogens is 2. The summed E-state index contributed by atoms with van der Waals surface area (Å²) in [4.78, 5) is 15.0. The maximum atomic E-state index is 12.8. The molecule has 7 heteroatoms. The molecule has 1 aliphatic rings. The molecule has 3 heterocycles. The maximum Gasteiger partial charge on any atom is 0.269 e. The van der Waals surface area contributed by atoms with E-state index in [1.54, 1.807) is 34.4 Å². The zero-order valence-electron chi connectivity index (χ0n) is 15.6. The summed E-state index contributed by atoms with van der Waals surface area (Å²) in [5.41, 5.74) is 1.35. The summed E-state index contributed by atoms with van der Waals surface area (Å²) >= 11 is 4.98. The smallest absolute Gasteiger partial charge is 0.269 e. The highest BCUT2D eigenvalue weighted by atomic mass is 32.2. The van der Waals surface area contributed by atoms with Gasteiger partial charge < -0.3 is 4.90 Å². The summed E-state index contributed by atoms with van der Waals surface area (Å²) in [7, 11) is 0. The van der Waals surface area contributed by atoms with E-state index in [1.807, 2.05) is 17.6 Å². The number of hydrogen-bond donors (Lipinski definition) is 0. The molecule has 0 radical (unpaired) electrons. The fraction of sp³-hybridized carbons (Fsp3) is 0.368. The molecule has 0 N–H and O–H groups in total. The second-order valence-corrected chi connectivity index (χ2v) is 8.70. The molecule has 3 rings (SSSR count). The molecule has 2 aromatic heterocycles. The van der Waals surface area contributed by atoms with Crippen molar-refractivity contribution >= 4 is 46.6 Å². The zero-order valence-corrected chi connectivity index (χ0v) is 18.0. The monoisotopic (exact) mass is 406 g/mol. The molecule has 1 aliphatic heterocycles. The Kier molecular flexibility index (Phi) is 6.21. The topological polar surface area (TPSA) is 29.1 Å². The molecule has 0 saturated carbocycles. The maximum absolute atomic E-state index is 12.8. The van der Waals surface area contributed by atoms with E-state index in [9.17, 15) is 4.79 Å². The van der Waals surface area contributed by atoms with E-state index < -0.39 is 0 Å². The van der Waals surface area contributed by atoms with Crippen molar-refractivity contribution in [3.63, 3.8) is 0 Å². The van der Waals surface area contributed by atoms with Crippen molar-refractivity contribution in [1.82, 2.24) is 9.47 Å². The van der Waals surface area contributed by atoms with Crippen LogP contribution in [0.2, 0.25) is 0 Å². The third kappa shape index (κ3) is 3.75. The minimum Gasteiger partial charge on any atom is -0.340 e. The van der Waals surface area contributed by atoms with Crippen LogP contribution in [0, 0.1) is 0 Å². The Labute approximate surface area is 166 Å². The first kappa shape index (κ1) is 19.2. The van der Waals surface area contributed by atoms with E-state index in [2.05, 4.69) is 59.4 Å². The summed E-state index contributed by atoms with van der Waals surface area (Å²) in [6, 6.07) is 0. The molecule has 0 aromatic carbocycles. The van der Waals surface area contributed by atoms with E-state index in [4.69, 9.17) is 0 Å². The Balaban J connectivity index is 2.06. The lowest BCUT2D eigenvalue weighted by molar-refractivity contribution is -0.690. The molecule has 26 heavy (non-hydrogen) atoms. The second-order valence-electron chi connectivity index (χ2n) is 5.82. The first-order chi connectivity index (χ1) is 12.6. The molecule has 2 aromatic rings. The van der Waals surface area contributed by atoms with Crippen molar-refractivity contribution in [3.05, 3.63) is 58.3 Å². The highest BCUT2D eigenvalue weighted by Crippen LogP contribution is 2.33. The number of rotatable bonds is 5. The minimum absolute atomic E-state index is 0.0935. The highest BCUT2D eigenvalue weighted by molar-refractivity contribution is 8.06. The van der Waals surface area contributed by atoms with Crippen molar-refractivity contribution < 1.29 is 4.57 Å². The normalized spacial score (nSPS) is 17.6. The second kappa shape index (κ2) is 8.41. The quantitative estimate of drug-likeness (QED) is 0.715. The average Bonchev–Trinajstić information content (AvgIpc) is 3.31. The molecule has 0 bridgehead atoms. The fourth-order valence-electron chi connectivity index (χ4n) is 2.88. The van der Waals surface area contributed by atoms with Crippen LogP contribution in [-0.2, 0) is 13.1 Å². The Morgan fingerprint density at radius 1 is 1.19 bits per heavy atom. The van der Waals surface area contributed by atoms with Gasteiger partial charge in [0.1, 0.15) is 11.2 Å². The summed E-state index contributed by atoms with van der Waals surface area (Å²) in [5.74, 6) is 0. The molecule has 138 valence electrons. The predicted octanol–water partition coefficient (Wildman–Crippen LogP) is 2.68. The molecule has 0 fully saturated rings. The molecule has 4 nitrogen and oxygen atoms in total. The molecule has 0 unspecified atom stereocenters. The Bertz CT molecular complexity index is 1020. The van der Waals surface area contributed by atoms with Gasteiger partial charge in [-0.3, -0.25) is 9.36 Å². The molecule has 0 amide bonds. The average molecular weight is 407 g/mol. The fourth-order valence-corrected chi connectivity index (χ4v) is 5.83. The molecular weight excluding hydrogens is 382 g/mol. The van der Waals surface area contributed by atoms with Gasteiger partial charge in [-0.05, 0) is 45.3 Å². The van der Waals surface area contributed by atoms with Gasteiger partial charge in [0.2, 0.25) is 0 Å². The summed E-state index contributed by atoms with van der Waals surface area (Å²) in [6.07, 6.45) is 8.25. The number of nitrogens with zero attached hydrogens (tertiary/aromatic N) is 3. The van der Waals surface area contributed by atoms with Crippen LogP contribution in [-0.4, -0.2) is 16.0 Å². The lowest BCUT2D eigenvalue weighted by atomic mass is 10.4. The van der Waals surface area contributed by atoms with Crippen molar-refractivity contribution in [2.24, 2.45) is 0 Å². The van der Waals surface area contributed by atoms with Crippen molar-refractivity contribution in [3.8, 4) is 0 Å². The van der Waals surface area contributed by atoms with Crippen LogP contribution in [0.25, 0.3) is 12.2 Å². The van der Waals surface area contributed by atoms with Crippen LogP contribution in [0.1, 0.15) is 32.7 Å². The van der Waals surface area contributed by atoms with Gasteiger partial charge in [-0.15, -0.1) is 11.3 Å². The van der Waals surface area contributed by atoms with Crippen LogP contribution in [0.4, 0.5) is 0 Å². The van der Waals surface area contributed by atoms with Gasteiger partial charge in [-0.2, -0.15) is 4.57 Å². The summed E-state index contributed by atoms with van der Waals surface area (Å²) < 4.78 is 5.85. The van der Waals surface area contributed by atoms with Gasteiger partial charge in [-0.25, -0.2) is 0 Å². The largest absolute Gasteiger partial charge is 0.340 e. The molecule has 0 saturated heterocycles. The Morgan fingerprint density at radius 2 is 2.00 bits per heavy atom. The molecular formula is C19H24N3OS3+. The third-order valence-electron chi connectivity index (χ3n) is 4.29. The standard InChI is InChI=1S/C19H24N3OS3/c1-5-20-10-11-24-17(20)12-18-22(7-3)19(23)15(26-18)8-9-16-21(6-2)14(4)13-25-16/h8-13H,5-7H2,1-4H3/q+1. The zero-order chi connectivity index (χ0) is 18.7. The van der Waals surface area contributed by atoms with Crippen molar-refractivity contribution in [2.45, 2.75) is 40.8 Å². The van der Waals surface area contributed by atoms with Gasteiger partial charge in [0.05, 0.1) is 21.0 Å². The molecule has 0 aliphatic carbocycles. The minimum atomic E-state index is 0.0935. The van der Waals surface area contributed by atoms with E-state index in [0.717, 1.165) is 22.3 Å². The molecule has 0 spiro atoms.